The number of carboxylic acid groups (broad SMARTS) is 1. The van der Waals surface area contributed by atoms with Crippen LogP contribution in [0.25, 0.3) is 0 Å². The molecule has 1 aliphatic carbocycles. The maximum absolute atomic E-state index is 13.3. The molecule has 0 heterocycles. The number of hydrogen-bond acceptors (Lipinski definition) is 2. The second kappa shape index (κ2) is 6.63. The van der Waals surface area contributed by atoms with Crippen LogP contribution in [0.3, 0.4) is 0 Å². The van der Waals surface area contributed by atoms with Crippen molar-refractivity contribution in [2.45, 2.75) is 64.7 Å². The van der Waals surface area contributed by atoms with E-state index in [1.807, 2.05) is 25.1 Å². The van der Waals surface area contributed by atoms with Gasteiger partial charge in [-0.2, -0.15) is 0 Å². The second-order valence-electron chi connectivity index (χ2n) is 8.86. The fourth-order valence-corrected chi connectivity index (χ4v) is 4.22. The van der Waals surface area contributed by atoms with Crippen molar-refractivity contribution in [3.8, 4) is 0 Å². The Bertz CT molecular complexity index is 919. The zero-order valence-corrected chi connectivity index (χ0v) is 16.8. The monoisotopic (exact) mass is 364 g/mol. The van der Waals surface area contributed by atoms with Crippen LogP contribution in [0, 0.1) is 0 Å². The standard InChI is InChI=1S/C24H28O3/c1-6-15-8-7-9-17(22(26)27)20(15)21(25)16-10-11-18-19(14-16)24(4,5)13-12-23(18,2)3/h7-11,14H,6,12-13H2,1-5H3,(H,26,27). The van der Waals surface area contributed by atoms with Crippen molar-refractivity contribution in [2.24, 2.45) is 0 Å². The van der Waals surface area contributed by atoms with E-state index in [1.165, 1.54) is 17.2 Å². The number of rotatable bonds is 4. The molecular formula is C24H28O3. The summed E-state index contributed by atoms with van der Waals surface area (Å²) in [7, 11) is 0. The average molecular weight is 364 g/mol. The molecule has 3 nitrogen and oxygen atoms in total. The van der Waals surface area contributed by atoms with Crippen LogP contribution in [0.1, 0.15) is 90.4 Å². The number of ketones is 1. The highest BCUT2D eigenvalue weighted by Crippen LogP contribution is 2.46. The highest BCUT2D eigenvalue weighted by atomic mass is 16.4. The lowest BCUT2D eigenvalue weighted by Crippen LogP contribution is -2.34. The summed E-state index contributed by atoms with van der Waals surface area (Å²) in [6, 6.07) is 11.0. The molecule has 142 valence electrons. The zero-order valence-electron chi connectivity index (χ0n) is 16.8. The van der Waals surface area contributed by atoms with Crippen molar-refractivity contribution < 1.29 is 14.7 Å². The maximum Gasteiger partial charge on any atom is 0.336 e. The van der Waals surface area contributed by atoms with Crippen molar-refractivity contribution in [3.63, 3.8) is 0 Å². The van der Waals surface area contributed by atoms with Crippen LogP contribution in [0.5, 0.6) is 0 Å². The van der Waals surface area contributed by atoms with E-state index in [9.17, 15) is 14.7 Å². The van der Waals surface area contributed by atoms with Crippen molar-refractivity contribution in [2.75, 3.05) is 0 Å². The Morgan fingerprint density at radius 1 is 0.963 bits per heavy atom. The fraction of sp³-hybridized carbons (Fsp3) is 0.417. The minimum atomic E-state index is -1.06. The normalized spacial score (nSPS) is 17.2. The number of fused-ring (bicyclic) bond motifs is 1. The fourth-order valence-electron chi connectivity index (χ4n) is 4.22. The Labute approximate surface area is 161 Å². The van der Waals surface area contributed by atoms with Crippen molar-refractivity contribution in [1.82, 2.24) is 0 Å². The van der Waals surface area contributed by atoms with Crippen LogP contribution >= 0.6 is 0 Å². The number of aromatic carboxylic acids is 1. The molecule has 0 aliphatic heterocycles. The predicted octanol–water partition coefficient (Wildman–Crippen LogP) is 5.53. The first-order valence-corrected chi connectivity index (χ1v) is 9.63. The van der Waals surface area contributed by atoms with Gasteiger partial charge in [0.1, 0.15) is 0 Å². The summed E-state index contributed by atoms with van der Waals surface area (Å²) >= 11 is 0. The van der Waals surface area contributed by atoms with Gasteiger partial charge in [-0.1, -0.05) is 58.9 Å². The molecule has 0 spiro atoms. The van der Waals surface area contributed by atoms with E-state index in [1.54, 1.807) is 6.07 Å². The van der Waals surface area contributed by atoms with Crippen molar-refractivity contribution >= 4 is 11.8 Å². The molecule has 0 saturated carbocycles. The molecule has 2 aromatic carbocycles. The maximum atomic E-state index is 13.3. The van der Waals surface area contributed by atoms with Gasteiger partial charge in [-0.25, -0.2) is 4.79 Å². The summed E-state index contributed by atoms with van der Waals surface area (Å²) in [6.45, 7) is 10.9. The van der Waals surface area contributed by atoms with Crippen molar-refractivity contribution in [3.05, 3.63) is 69.8 Å². The van der Waals surface area contributed by atoms with E-state index in [0.29, 0.717) is 17.5 Å². The molecule has 0 fully saturated rings. The van der Waals surface area contributed by atoms with Gasteiger partial charge in [-0.15, -0.1) is 0 Å². The highest BCUT2D eigenvalue weighted by Gasteiger charge is 2.37. The van der Waals surface area contributed by atoms with Crippen LogP contribution in [-0.4, -0.2) is 16.9 Å². The lowest BCUT2D eigenvalue weighted by molar-refractivity contribution is 0.0692. The molecule has 1 aliphatic rings. The third-order valence-electron chi connectivity index (χ3n) is 6.10. The number of benzene rings is 2. The van der Waals surface area contributed by atoms with Gasteiger partial charge in [-0.05, 0) is 58.9 Å². The minimum absolute atomic E-state index is 0.00104. The zero-order chi connectivity index (χ0) is 20.0. The van der Waals surface area contributed by atoms with Gasteiger partial charge in [0.25, 0.3) is 0 Å². The summed E-state index contributed by atoms with van der Waals surface area (Å²) in [5.74, 6) is -1.26. The first-order valence-electron chi connectivity index (χ1n) is 9.63. The second-order valence-corrected chi connectivity index (χ2v) is 8.86. The summed E-state index contributed by atoms with van der Waals surface area (Å²) in [6.07, 6.45) is 2.80. The number of carboxylic acids is 1. The molecule has 0 amide bonds. The molecule has 0 saturated heterocycles. The lowest BCUT2D eigenvalue weighted by atomic mass is 9.63. The number of aryl methyl sites for hydroxylation is 1. The number of carbonyl (C=O) groups is 2. The molecule has 1 N–H and O–H groups in total. The average Bonchev–Trinajstić information content (AvgIpc) is 2.64. The summed E-state index contributed by atoms with van der Waals surface area (Å²) in [5.41, 5.74) is 4.33. The van der Waals surface area contributed by atoms with E-state index >= 15 is 0 Å². The third-order valence-corrected chi connectivity index (χ3v) is 6.10. The molecule has 3 heteroatoms. The summed E-state index contributed by atoms with van der Waals surface area (Å²) in [4.78, 5) is 25.0. The van der Waals surface area contributed by atoms with Gasteiger partial charge in [0.05, 0.1) is 5.56 Å². The van der Waals surface area contributed by atoms with E-state index in [0.717, 1.165) is 18.4 Å². The summed E-state index contributed by atoms with van der Waals surface area (Å²) in [5, 5.41) is 9.57. The number of hydrogen-bond donors (Lipinski definition) is 1. The van der Waals surface area contributed by atoms with Crippen LogP contribution in [0.15, 0.2) is 36.4 Å². The molecule has 27 heavy (non-hydrogen) atoms. The molecule has 0 unspecified atom stereocenters. The molecule has 0 bridgehead atoms. The molecular weight excluding hydrogens is 336 g/mol. The highest BCUT2D eigenvalue weighted by molar-refractivity contribution is 6.15. The van der Waals surface area contributed by atoms with Crippen LogP contribution in [0.4, 0.5) is 0 Å². The van der Waals surface area contributed by atoms with Crippen LogP contribution in [-0.2, 0) is 17.3 Å². The van der Waals surface area contributed by atoms with Gasteiger partial charge in [0.15, 0.2) is 5.78 Å². The molecule has 0 aromatic heterocycles. The molecule has 0 radical (unpaired) electrons. The Morgan fingerprint density at radius 2 is 1.59 bits per heavy atom. The Balaban J connectivity index is 2.17. The first kappa shape index (κ1) is 19.3. The van der Waals surface area contributed by atoms with Gasteiger partial charge in [-0.3, -0.25) is 4.79 Å². The number of carbonyl (C=O) groups excluding carboxylic acids is 1. The van der Waals surface area contributed by atoms with Gasteiger partial charge < -0.3 is 5.11 Å². The third kappa shape index (κ3) is 3.31. The largest absolute Gasteiger partial charge is 0.478 e. The topological polar surface area (TPSA) is 54.4 Å². The SMILES string of the molecule is CCc1cccc(C(=O)O)c1C(=O)c1ccc2c(c1)C(C)(C)CCC2(C)C. The van der Waals surface area contributed by atoms with E-state index < -0.39 is 5.97 Å². The van der Waals surface area contributed by atoms with Gasteiger partial charge >= 0.3 is 5.97 Å². The quantitative estimate of drug-likeness (QED) is 0.726. The van der Waals surface area contributed by atoms with Crippen LogP contribution < -0.4 is 0 Å². The van der Waals surface area contributed by atoms with Crippen molar-refractivity contribution in [1.29, 1.82) is 0 Å². The minimum Gasteiger partial charge on any atom is -0.478 e. The van der Waals surface area contributed by atoms with E-state index in [4.69, 9.17) is 0 Å². The molecule has 2 aromatic rings. The smallest absolute Gasteiger partial charge is 0.336 e. The Hall–Kier alpha value is -2.42. The molecule has 0 atom stereocenters. The van der Waals surface area contributed by atoms with E-state index in [2.05, 4.69) is 33.8 Å². The van der Waals surface area contributed by atoms with Gasteiger partial charge in [0, 0.05) is 11.1 Å². The lowest BCUT2D eigenvalue weighted by Gasteiger charge is -2.42. The van der Waals surface area contributed by atoms with Gasteiger partial charge in [0.2, 0.25) is 0 Å². The summed E-state index contributed by atoms with van der Waals surface area (Å²) < 4.78 is 0. The van der Waals surface area contributed by atoms with E-state index in [-0.39, 0.29) is 22.2 Å². The molecule has 3 rings (SSSR count). The predicted molar refractivity (Wildman–Crippen MR) is 108 cm³/mol. The Kier molecular flexibility index (Phi) is 4.75. The first-order chi connectivity index (χ1) is 12.6. The van der Waals surface area contributed by atoms with Crippen LogP contribution in [0.2, 0.25) is 0 Å². The Morgan fingerprint density at radius 3 is 2.19 bits per heavy atom.